The van der Waals surface area contributed by atoms with E-state index in [4.69, 9.17) is 4.74 Å². The van der Waals surface area contributed by atoms with Crippen LogP contribution in [0.5, 0.6) is 5.75 Å². The maximum Gasteiger partial charge on any atom is 0.326 e. The van der Waals surface area contributed by atoms with Gasteiger partial charge in [-0.1, -0.05) is 18.2 Å². The summed E-state index contributed by atoms with van der Waals surface area (Å²) in [6.45, 7) is 0.180. The van der Waals surface area contributed by atoms with Gasteiger partial charge in [-0.05, 0) is 54.6 Å². The van der Waals surface area contributed by atoms with Crippen molar-refractivity contribution in [3.05, 3.63) is 90.0 Å². The lowest BCUT2D eigenvalue weighted by molar-refractivity contribution is 0.0954. The summed E-state index contributed by atoms with van der Waals surface area (Å²) in [6, 6.07) is 17.1. The van der Waals surface area contributed by atoms with Gasteiger partial charge in [0.2, 0.25) is 0 Å². The summed E-state index contributed by atoms with van der Waals surface area (Å²) in [5, 5.41) is 5.22. The predicted octanol–water partition coefficient (Wildman–Crippen LogP) is 4.44. The molecule has 0 bridgehead atoms. The fourth-order valence-corrected chi connectivity index (χ4v) is 2.86. The smallest absolute Gasteiger partial charge is 0.326 e. The topological polar surface area (TPSA) is 70.7 Å². The number of nitrogens with zero attached hydrogens (tertiary/aromatic N) is 1. The van der Waals surface area contributed by atoms with Crippen LogP contribution in [0.25, 0.3) is 0 Å². The first-order chi connectivity index (χ1) is 15.0. The quantitative estimate of drug-likeness (QED) is 0.588. The van der Waals surface area contributed by atoms with Crippen molar-refractivity contribution in [2.24, 2.45) is 0 Å². The summed E-state index contributed by atoms with van der Waals surface area (Å²) in [5.74, 6) is -0.830. The molecule has 160 valence electrons. The number of benzene rings is 3. The van der Waals surface area contributed by atoms with Crippen LogP contribution >= 0.6 is 0 Å². The minimum atomic E-state index is -0.618. The van der Waals surface area contributed by atoms with Gasteiger partial charge in [-0.3, -0.25) is 9.69 Å². The zero-order valence-corrected chi connectivity index (χ0v) is 16.8. The molecule has 0 aromatic heterocycles. The van der Waals surface area contributed by atoms with Crippen LogP contribution in [0.4, 0.5) is 25.0 Å². The number of hydrogen-bond acceptors (Lipinski definition) is 3. The molecule has 6 nitrogen and oxygen atoms in total. The highest BCUT2D eigenvalue weighted by atomic mass is 19.1. The third-order valence-corrected chi connectivity index (χ3v) is 4.45. The van der Waals surface area contributed by atoms with Crippen molar-refractivity contribution in [2.75, 3.05) is 30.4 Å². The Bertz CT molecular complexity index is 1060. The first kappa shape index (κ1) is 21.8. The van der Waals surface area contributed by atoms with Gasteiger partial charge in [0.05, 0.1) is 12.8 Å². The summed E-state index contributed by atoms with van der Waals surface area (Å²) >= 11 is 0. The van der Waals surface area contributed by atoms with Crippen molar-refractivity contribution in [3.63, 3.8) is 0 Å². The van der Waals surface area contributed by atoms with Crippen LogP contribution in [0.1, 0.15) is 10.4 Å². The third-order valence-electron chi connectivity index (χ3n) is 4.45. The number of anilines is 2. The number of hydrogen-bond donors (Lipinski definition) is 2. The van der Waals surface area contributed by atoms with E-state index in [1.165, 1.54) is 54.5 Å². The highest BCUT2D eigenvalue weighted by Gasteiger charge is 2.18. The zero-order chi connectivity index (χ0) is 22.2. The van der Waals surface area contributed by atoms with E-state index in [1.54, 1.807) is 30.3 Å². The van der Waals surface area contributed by atoms with Crippen LogP contribution in [-0.4, -0.2) is 32.1 Å². The van der Waals surface area contributed by atoms with Crippen LogP contribution in [0.15, 0.2) is 72.8 Å². The van der Waals surface area contributed by atoms with Crippen LogP contribution in [0, 0.1) is 11.6 Å². The largest absolute Gasteiger partial charge is 0.497 e. The summed E-state index contributed by atoms with van der Waals surface area (Å²) in [5.41, 5.74) is 0.814. The van der Waals surface area contributed by atoms with Crippen LogP contribution in [-0.2, 0) is 0 Å². The standard InChI is InChI=1S/C23H21F2N3O3/c1-31-19-6-4-5-16(15-19)22(29)26-13-14-28(18-11-9-17(24)10-12-18)23(30)27-21-8-3-2-7-20(21)25/h2-12,15H,13-14H2,1H3,(H,26,29)(H,27,30). The van der Waals surface area contributed by atoms with Crippen molar-refractivity contribution < 1.29 is 23.1 Å². The van der Waals surface area contributed by atoms with E-state index in [2.05, 4.69) is 10.6 Å². The molecule has 0 aliphatic heterocycles. The van der Waals surface area contributed by atoms with E-state index in [-0.39, 0.29) is 24.7 Å². The molecule has 0 heterocycles. The van der Waals surface area contributed by atoms with Gasteiger partial charge in [-0.15, -0.1) is 0 Å². The number of urea groups is 1. The monoisotopic (exact) mass is 425 g/mol. The molecule has 3 rings (SSSR count). The van der Waals surface area contributed by atoms with Crippen LogP contribution in [0.3, 0.4) is 0 Å². The van der Waals surface area contributed by atoms with Gasteiger partial charge in [0, 0.05) is 24.3 Å². The highest BCUT2D eigenvalue weighted by Crippen LogP contribution is 2.18. The molecule has 0 spiro atoms. The Morgan fingerprint density at radius 3 is 2.42 bits per heavy atom. The molecule has 0 atom stereocenters. The molecule has 8 heteroatoms. The maximum atomic E-state index is 13.9. The molecule has 0 aliphatic rings. The predicted molar refractivity (Wildman–Crippen MR) is 114 cm³/mol. The summed E-state index contributed by atoms with van der Waals surface area (Å²) in [7, 11) is 1.51. The number of methoxy groups -OCH3 is 1. The Balaban J connectivity index is 1.70. The van der Waals surface area contributed by atoms with Crippen molar-refractivity contribution in [1.29, 1.82) is 0 Å². The third kappa shape index (κ3) is 5.79. The second-order valence-electron chi connectivity index (χ2n) is 6.53. The molecule has 0 saturated carbocycles. The summed E-state index contributed by atoms with van der Waals surface area (Å²) in [6.07, 6.45) is 0. The minimum absolute atomic E-state index is 0.0139. The van der Waals surface area contributed by atoms with E-state index >= 15 is 0 Å². The number of amides is 3. The van der Waals surface area contributed by atoms with E-state index in [9.17, 15) is 18.4 Å². The molecular formula is C23H21F2N3O3. The second kappa shape index (κ2) is 10.2. The Labute approximate surface area is 178 Å². The lowest BCUT2D eigenvalue weighted by Gasteiger charge is -2.23. The van der Waals surface area contributed by atoms with Gasteiger partial charge in [0.1, 0.15) is 17.4 Å². The van der Waals surface area contributed by atoms with Gasteiger partial charge < -0.3 is 15.4 Å². The fraction of sp³-hybridized carbons (Fsp3) is 0.130. The lowest BCUT2D eigenvalue weighted by Crippen LogP contribution is -2.41. The van der Waals surface area contributed by atoms with E-state index in [0.717, 1.165) is 0 Å². The van der Waals surface area contributed by atoms with E-state index < -0.39 is 17.7 Å². The van der Waals surface area contributed by atoms with Gasteiger partial charge in [0.15, 0.2) is 0 Å². The molecule has 0 fully saturated rings. The van der Waals surface area contributed by atoms with E-state index in [0.29, 0.717) is 17.0 Å². The normalized spacial score (nSPS) is 10.3. The molecule has 0 unspecified atom stereocenters. The maximum absolute atomic E-state index is 13.9. The number of carbonyl (C=O) groups is 2. The average Bonchev–Trinajstić information content (AvgIpc) is 2.79. The molecule has 0 aliphatic carbocycles. The van der Waals surface area contributed by atoms with Gasteiger partial charge >= 0.3 is 6.03 Å². The van der Waals surface area contributed by atoms with Crippen LogP contribution in [0.2, 0.25) is 0 Å². The number of rotatable bonds is 7. The number of ether oxygens (including phenoxy) is 1. The van der Waals surface area contributed by atoms with Gasteiger partial charge in [-0.25, -0.2) is 13.6 Å². The first-order valence-electron chi connectivity index (χ1n) is 9.49. The molecule has 3 amide bonds. The van der Waals surface area contributed by atoms with E-state index in [1.807, 2.05) is 0 Å². The molecule has 0 saturated heterocycles. The van der Waals surface area contributed by atoms with Crippen molar-refractivity contribution in [1.82, 2.24) is 5.32 Å². The SMILES string of the molecule is COc1cccc(C(=O)NCCN(C(=O)Nc2ccccc2F)c2ccc(F)cc2)c1. The molecule has 2 N–H and O–H groups in total. The molecule has 3 aromatic rings. The number of carbonyl (C=O) groups excluding carboxylic acids is 2. The Kier molecular flexibility index (Phi) is 7.16. The zero-order valence-electron chi connectivity index (χ0n) is 16.8. The Hall–Kier alpha value is -3.94. The summed E-state index contributed by atoms with van der Waals surface area (Å²) in [4.78, 5) is 26.5. The Morgan fingerprint density at radius 1 is 0.968 bits per heavy atom. The van der Waals surface area contributed by atoms with Crippen molar-refractivity contribution >= 4 is 23.3 Å². The molecule has 31 heavy (non-hydrogen) atoms. The number of para-hydroxylation sites is 1. The molecule has 0 radical (unpaired) electrons. The lowest BCUT2D eigenvalue weighted by atomic mass is 10.2. The summed E-state index contributed by atoms with van der Waals surface area (Å²) < 4.78 is 32.4. The Morgan fingerprint density at radius 2 is 1.71 bits per heavy atom. The van der Waals surface area contributed by atoms with Crippen molar-refractivity contribution in [3.8, 4) is 5.75 Å². The second-order valence-corrected chi connectivity index (χ2v) is 6.53. The molecule has 3 aromatic carbocycles. The van der Waals surface area contributed by atoms with Gasteiger partial charge in [0.25, 0.3) is 5.91 Å². The molecular weight excluding hydrogens is 404 g/mol. The first-order valence-corrected chi connectivity index (χ1v) is 9.49. The fourth-order valence-electron chi connectivity index (χ4n) is 2.86. The number of nitrogens with one attached hydrogen (secondary N) is 2. The van der Waals surface area contributed by atoms with Crippen LogP contribution < -0.4 is 20.3 Å². The highest BCUT2D eigenvalue weighted by molar-refractivity contribution is 6.02. The minimum Gasteiger partial charge on any atom is -0.497 e. The van der Waals surface area contributed by atoms with Crippen molar-refractivity contribution in [2.45, 2.75) is 0 Å². The number of halogens is 2. The average molecular weight is 425 g/mol. The van der Waals surface area contributed by atoms with Gasteiger partial charge in [-0.2, -0.15) is 0 Å².